The Balaban J connectivity index is 1.53. The number of amides is 1. The van der Waals surface area contributed by atoms with Crippen LogP contribution in [0.3, 0.4) is 0 Å². The third kappa shape index (κ3) is 4.05. The number of carbonyl (C=O) groups excluding carboxylic acids is 1. The predicted molar refractivity (Wildman–Crippen MR) is 98.1 cm³/mol. The van der Waals surface area contributed by atoms with E-state index in [1.165, 1.54) is 4.68 Å². The highest BCUT2D eigenvalue weighted by atomic mass is 16.5. The molecule has 0 saturated heterocycles. The quantitative estimate of drug-likeness (QED) is 0.697. The molecule has 3 aromatic rings. The molecule has 0 aliphatic heterocycles. The summed E-state index contributed by atoms with van der Waals surface area (Å²) in [4.78, 5) is 24.4. The van der Waals surface area contributed by atoms with Crippen LogP contribution in [0.15, 0.2) is 53.3 Å². The van der Waals surface area contributed by atoms with E-state index in [0.717, 1.165) is 11.3 Å². The van der Waals surface area contributed by atoms with Crippen LogP contribution in [0.2, 0.25) is 0 Å². The molecule has 7 nitrogen and oxygen atoms in total. The molecule has 1 amide bonds. The molecule has 0 atom stereocenters. The summed E-state index contributed by atoms with van der Waals surface area (Å²) in [7, 11) is 1.62. The minimum absolute atomic E-state index is 0.137. The van der Waals surface area contributed by atoms with Crippen molar-refractivity contribution in [3.63, 3.8) is 0 Å². The molecule has 3 rings (SSSR count). The van der Waals surface area contributed by atoms with Crippen LogP contribution < -0.4 is 15.6 Å². The Kier molecular flexibility index (Phi) is 5.58. The van der Waals surface area contributed by atoms with Gasteiger partial charge in [-0.15, -0.1) is 5.10 Å². The fourth-order valence-corrected chi connectivity index (χ4v) is 2.71. The van der Waals surface area contributed by atoms with Gasteiger partial charge in [-0.25, -0.2) is 4.68 Å². The lowest BCUT2D eigenvalue weighted by Crippen LogP contribution is -2.30. The van der Waals surface area contributed by atoms with Crippen LogP contribution in [0.25, 0.3) is 10.9 Å². The number of aromatic nitrogens is 3. The number of hydrogen-bond acceptors (Lipinski definition) is 5. The van der Waals surface area contributed by atoms with Crippen molar-refractivity contribution < 1.29 is 9.53 Å². The molecule has 1 N–H and O–H groups in total. The smallest absolute Gasteiger partial charge is 0.277 e. The van der Waals surface area contributed by atoms with Gasteiger partial charge in [-0.1, -0.05) is 35.5 Å². The number of ether oxygens (including phenoxy) is 1. The third-order valence-corrected chi connectivity index (χ3v) is 4.09. The van der Waals surface area contributed by atoms with E-state index in [1.54, 1.807) is 31.4 Å². The van der Waals surface area contributed by atoms with Gasteiger partial charge in [0.05, 0.1) is 19.0 Å². The number of nitrogens with one attached hydrogen (secondary N) is 1. The number of hydrogen-bond donors (Lipinski definition) is 1. The molecule has 134 valence electrons. The molecule has 0 unspecified atom stereocenters. The molecule has 0 bridgehead atoms. The minimum Gasteiger partial charge on any atom is -0.496 e. The van der Waals surface area contributed by atoms with Gasteiger partial charge in [0.15, 0.2) is 0 Å². The van der Waals surface area contributed by atoms with Crippen molar-refractivity contribution in [2.24, 2.45) is 0 Å². The molecule has 0 radical (unpaired) electrons. The molecule has 7 heteroatoms. The molecule has 0 saturated carbocycles. The first-order valence-electron chi connectivity index (χ1n) is 8.40. The topological polar surface area (TPSA) is 86.1 Å². The lowest BCUT2D eigenvalue weighted by molar-refractivity contribution is -0.121. The van der Waals surface area contributed by atoms with E-state index >= 15 is 0 Å². The number of carbonyl (C=O) groups is 1. The summed E-state index contributed by atoms with van der Waals surface area (Å²) in [5, 5.41) is 11.2. The van der Waals surface area contributed by atoms with Gasteiger partial charge in [0, 0.05) is 13.0 Å². The number of aryl methyl sites for hydroxylation is 1. The van der Waals surface area contributed by atoms with Crippen molar-refractivity contribution in [1.82, 2.24) is 20.3 Å². The zero-order valence-corrected chi connectivity index (χ0v) is 14.5. The van der Waals surface area contributed by atoms with Gasteiger partial charge in [0.25, 0.3) is 5.56 Å². The van der Waals surface area contributed by atoms with Gasteiger partial charge in [-0.3, -0.25) is 9.59 Å². The van der Waals surface area contributed by atoms with Crippen molar-refractivity contribution >= 4 is 16.8 Å². The van der Waals surface area contributed by atoms with Crippen molar-refractivity contribution in [3.05, 3.63) is 64.4 Å². The Morgan fingerprint density at radius 1 is 1.15 bits per heavy atom. The molecular formula is C19H20N4O3. The molecule has 1 aromatic heterocycles. The fourth-order valence-electron chi connectivity index (χ4n) is 2.71. The summed E-state index contributed by atoms with van der Waals surface area (Å²) < 4.78 is 6.51. The number of methoxy groups -OCH3 is 1. The Morgan fingerprint density at radius 2 is 1.92 bits per heavy atom. The number of para-hydroxylation sites is 1. The van der Waals surface area contributed by atoms with Gasteiger partial charge >= 0.3 is 0 Å². The van der Waals surface area contributed by atoms with Gasteiger partial charge in [0.1, 0.15) is 11.3 Å². The second-order valence-electron chi connectivity index (χ2n) is 5.80. The maximum Gasteiger partial charge on any atom is 0.277 e. The van der Waals surface area contributed by atoms with Crippen molar-refractivity contribution in [2.45, 2.75) is 19.4 Å². The molecule has 0 aliphatic rings. The first kappa shape index (κ1) is 17.6. The summed E-state index contributed by atoms with van der Waals surface area (Å²) >= 11 is 0. The first-order chi connectivity index (χ1) is 12.7. The van der Waals surface area contributed by atoms with Crippen LogP contribution in [0.1, 0.15) is 12.0 Å². The second-order valence-corrected chi connectivity index (χ2v) is 5.80. The summed E-state index contributed by atoms with van der Waals surface area (Å²) in [6.45, 7) is 0.689. The van der Waals surface area contributed by atoms with Gasteiger partial charge in [-0.2, -0.15) is 0 Å². The van der Waals surface area contributed by atoms with Crippen LogP contribution in [-0.2, 0) is 17.8 Å². The monoisotopic (exact) mass is 352 g/mol. The van der Waals surface area contributed by atoms with E-state index in [0.29, 0.717) is 23.9 Å². The van der Waals surface area contributed by atoms with E-state index in [4.69, 9.17) is 4.74 Å². The lowest BCUT2D eigenvalue weighted by atomic mass is 10.1. The maximum atomic E-state index is 12.3. The molecule has 2 aromatic carbocycles. The average Bonchev–Trinajstić information content (AvgIpc) is 2.68. The molecule has 0 spiro atoms. The Hall–Kier alpha value is -3.22. The van der Waals surface area contributed by atoms with Crippen LogP contribution in [0.4, 0.5) is 0 Å². The Labute approximate surface area is 150 Å². The van der Waals surface area contributed by atoms with E-state index in [-0.39, 0.29) is 24.4 Å². The first-order valence-corrected chi connectivity index (χ1v) is 8.40. The average molecular weight is 352 g/mol. The zero-order chi connectivity index (χ0) is 18.4. The molecule has 26 heavy (non-hydrogen) atoms. The highest BCUT2D eigenvalue weighted by Gasteiger charge is 2.08. The zero-order valence-electron chi connectivity index (χ0n) is 14.5. The summed E-state index contributed by atoms with van der Waals surface area (Å²) in [5.74, 6) is 0.668. The van der Waals surface area contributed by atoms with E-state index in [1.807, 2.05) is 24.3 Å². The molecular weight excluding hydrogens is 332 g/mol. The number of fused-ring (bicyclic) bond motifs is 1. The maximum absolute atomic E-state index is 12.3. The number of benzene rings is 2. The van der Waals surface area contributed by atoms with Crippen LogP contribution in [-0.4, -0.2) is 34.6 Å². The Morgan fingerprint density at radius 3 is 2.77 bits per heavy atom. The van der Waals surface area contributed by atoms with Gasteiger partial charge in [-0.05, 0) is 30.2 Å². The summed E-state index contributed by atoms with van der Waals surface area (Å²) in [6, 6.07) is 14.7. The van der Waals surface area contributed by atoms with E-state index in [2.05, 4.69) is 15.6 Å². The van der Waals surface area contributed by atoms with Crippen molar-refractivity contribution in [2.75, 3.05) is 13.7 Å². The SMILES string of the molecule is COc1ccccc1CCNC(=O)CCn1nnc2ccccc2c1=O. The standard InChI is InChI=1S/C19H20N4O3/c1-26-17-9-5-2-6-14(17)10-12-20-18(24)11-13-23-19(25)15-7-3-4-8-16(15)21-22-23/h2-9H,10-13H2,1H3,(H,20,24). The highest BCUT2D eigenvalue weighted by Crippen LogP contribution is 2.17. The van der Waals surface area contributed by atoms with Gasteiger partial charge < -0.3 is 10.1 Å². The molecule has 1 heterocycles. The summed E-state index contributed by atoms with van der Waals surface area (Å²) in [5.41, 5.74) is 1.35. The van der Waals surface area contributed by atoms with Crippen molar-refractivity contribution in [3.8, 4) is 5.75 Å². The molecule has 0 fully saturated rings. The summed E-state index contributed by atoms with van der Waals surface area (Å²) in [6.07, 6.45) is 0.838. The predicted octanol–water partition coefficient (Wildman–Crippen LogP) is 1.55. The van der Waals surface area contributed by atoms with Crippen molar-refractivity contribution in [1.29, 1.82) is 0 Å². The number of rotatable bonds is 7. The normalized spacial score (nSPS) is 10.7. The third-order valence-electron chi connectivity index (χ3n) is 4.09. The fraction of sp³-hybridized carbons (Fsp3) is 0.263. The Bertz CT molecular complexity index is 968. The molecule has 0 aliphatic carbocycles. The number of nitrogens with zero attached hydrogens (tertiary/aromatic N) is 3. The highest BCUT2D eigenvalue weighted by molar-refractivity contribution is 5.77. The van der Waals surface area contributed by atoms with Crippen LogP contribution in [0.5, 0.6) is 5.75 Å². The minimum atomic E-state index is -0.238. The van der Waals surface area contributed by atoms with E-state index in [9.17, 15) is 9.59 Å². The van der Waals surface area contributed by atoms with Crippen LogP contribution in [0, 0.1) is 0 Å². The lowest BCUT2D eigenvalue weighted by Gasteiger charge is -2.09. The van der Waals surface area contributed by atoms with Crippen LogP contribution >= 0.6 is 0 Å². The largest absolute Gasteiger partial charge is 0.496 e. The van der Waals surface area contributed by atoms with Gasteiger partial charge in [0.2, 0.25) is 5.91 Å². The van der Waals surface area contributed by atoms with E-state index < -0.39 is 0 Å². The second kappa shape index (κ2) is 8.24.